The zero-order valence-corrected chi connectivity index (χ0v) is 12.2. The van der Waals surface area contributed by atoms with Crippen molar-refractivity contribution in [3.63, 3.8) is 0 Å². The molecule has 2 heterocycles. The Balaban J connectivity index is 1.94. The summed E-state index contributed by atoms with van der Waals surface area (Å²) in [6.45, 7) is 13.7. The van der Waals surface area contributed by atoms with Crippen molar-refractivity contribution >= 4 is 11.3 Å². The Morgan fingerprint density at radius 2 is 2.18 bits per heavy atom. The van der Waals surface area contributed by atoms with Gasteiger partial charge in [0.25, 0.3) is 0 Å². The van der Waals surface area contributed by atoms with Crippen LogP contribution >= 0.6 is 11.3 Å². The highest BCUT2D eigenvalue weighted by Crippen LogP contribution is 2.23. The van der Waals surface area contributed by atoms with Gasteiger partial charge in [0, 0.05) is 42.0 Å². The first-order valence-corrected chi connectivity index (χ1v) is 7.28. The second kappa shape index (κ2) is 5.09. The van der Waals surface area contributed by atoms with Crippen LogP contribution in [0.4, 0.5) is 0 Å². The third-order valence-electron chi connectivity index (χ3n) is 3.48. The lowest BCUT2D eigenvalue weighted by molar-refractivity contribution is 0.130. The average molecular weight is 252 g/mol. The number of aryl methyl sites for hydroxylation is 1. The fourth-order valence-electron chi connectivity index (χ4n) is 2.33. The van der Waals surface area contributed by atoms with E-state index in [0.717, 1.165) is 13.1 Å². The summed E-state index contributed by atoms with van der Waals surface area (Å²) in [5, 5.41) is 3.64. The molecular formula is C14H24N2S. The molecule has 0 bridgehead atoms. The predicted molar refractivity (Wildman–Crippen MR) is 75.6 cm³/mol. The molecule has 17 heavy (non-hydrogen) atoms. The molecule has 0 radical (unpaired) electrons. The summed E-state index contributed by atoms with van der Waals surface area (Å²) in [5.41, 5.74) is 0.351. The van der Waals surface area contributed by atoms with Gasteiger partial charge in [-0.05, 0) is 24.5 Å². The number of thiophene rings is 1. The van der Waals surface area contributed by atoms with Crippen molar-refractivity contribution in [3.05, 3.63) is 21.9 Å². The summed E-state index contributed by atoms with van der Waals surface area (Å²) in [6.07, 6.45) is 0. The molecule has 2 nitrogen and oxygen atoms in total. The average Bonchev–Trinajstić information content (AvgIpc) is 2.63. The van der Waals surface area contributed by atoms with E-state index in [1.54, 1.807) is 0 Å². The van der Waals surface area contributed by atoms with Gasteiger partial charge in [0.2, 0.25) is 0 Å². The number of nitrogens with zero attached hydrogens (tertiary/aromatic N) is 1. The molecule has 0 spiro atoms. The van der Waals surface area contributed by atoms with E-state index in [1.165, 1.54) is 22.8 Å². The smallest absolute Gasteiger partial charge is 0.0329 e. The van der Waals surface area contributed by atoms with E-state index < -0.39 is 0 Å². The maximum atomic E-state index is 3.64. The van der Waals surface area contributed by atoms with Gasteiger partial charge in [0.1, 0.15) is 0 Å². The van der Waals surface area contributed by atoms with Gasteiger partial charge in [-0.3, -0.25) is 4.90 Å². The molecule has 0 amide bonds. The molecule has 1 N–H and O–H groups in total. The summed E-state index contributed by atoms with van der Waals surface area (Å²) in [7, 11) is 0. The number of nitrogens with one attached hydrogen (secondary N) is 1. The van der Waals surface area contributed by atoms with Gasteiger partial charge in [-0.25, -0.2) is 0 Å². The Morgan fingerprint density at radius 3 is 2.76 bits per heavy atom. The molecule has 1 atom stereocenters. The van der Waals surface area contributed by atoms with Crippen molar-refractivity contribution in [3.8, 4) is 0 Å². The Bertz CT molecular complexity index is 365. The van der Waals surface area contributed by atoms with Crippen LogP contribution in [0.15, 0.2) is 12.1 Å². The fourth-order valence-corrected chi connectivity index (χ4v) is 3.26. The Kier molecular flexibility index (Phi) is 3.91. The highest BCUT2D eigenvalue weighted by Gasteiger charge is 2.29. The summed E-state index contributed by atoms with van der Waals surface area (Å²) < 4.78 is 0. The maximum absolute atomic E-state index is 3.64. The number of piperazine rings is 1. The minimum atomic E-state index is 0.351. The molecule has 2 rings (SSSR count). The van der Waals surface area contributed by atoms with Crippen LogP contribution in [0.25, 0.3) is 0 Å². The van der Waals surface area contributed by atoms with Crippen LogP contribution in [0.3, 0.4) is 0 Å². The van der Waals surface area contributed by atoms with Gasteiger partial charge in [-0.2, -0.15) is 0 Å². The Morgan fingerprint density at radius 1 is 1.41 bits per heavy atom. The largest absolute Gasteiger partial charge is 0.311 e. The van der Waals surface area contributed by atoms with E-state index >= 15 is 0 Å². The molecule has 1 aromatic heterocycles. The summed E-state index contributed by atoms with van der Waals surface area (Å²) >= 11 is 1.93. The van der Waals surface area contributed by atoms with E-state index in [0.29, 0.717) is 11.5 Å². The Hall–Kier alpha value is -0.380. The quantitative estimate of drug-likeness (QED) is 0.870. The zero-order valence-electron chi connectivity index (χ0n) is 11.4. The number of rotatable bonds is 2. The fraction of sp³-hybridized carbons (Fsp3) is 0.714. The minimum absolute atomic E-state index is 0.351. The lowest BCUT2D eigenvalue weighted by Gasteiger charge is -2.40. The first kappa shape index (κ1) is 13.1. The third kappa shape index (κ3) is 3.54. The van der Waals surface area contributed by atoms with Crippen LogP contribution in [0.1, 0.15) is 30.5 Å². The molecule has 0 aliphatic carbocycles. The standard InChI is InChI=1S/C14H24N2S/c1-11-5-6-12(17-11)9-16-8-7-15-13(10-16)14(2,3)4/h5-6,13,15H,7-10H2,1-4H3. The summed E-state index contributed by atoms with van der Waals surface area (Å²) in [6, 6.07) is 5.11. The van der Waals surface area contributed by atoms with Gasteiger partial charge in [0.15, 0.2) is 0 Å². The van der Waals surface area contributed by atoms with E-state index in [2.05, 4.69) is 50.0 Å². The maximum Gasteiger partial charge on any atom is 0.0329 e. The van der Waals surface area contributed by atoms with Crippen LogP contribution in [0.2, 0.25) is 0 Å². The summed E-state index contributed by atoms with van der Waals surface area (Å²) in [5.74, 6) is 0. The van der Waals surface area contributed by atoms with E-state index in [9.17, 15) is 0 Å². The highest BCUT2D eigenvalue weighted by molar-refractivity contribution is 7.11. The van der Waals surface area contributed by atoms with E-state index in [1.807, 2.05) is 11.3 Å². The van der Waals surface area contributed by atoms with Crippen molar-refractivity contribution in [1.29, 1.82) is 0 Å². The predicted octanol–water partition coefficient (Wildman–Crippen LogP) is 2.88. The van der Waals surface area contributed by atoms with Crippen molar-refractivity contribution < 1.29 is 0 Å². The topological polar surface area (TPSA) is 15.3 Å². The Labute approximate surface area is 109 Å². The second-order valence-electron chi connectivity index (χ2n) is 6.12. The minimum Gasteiger partial charge on any atom is -0.311 e. The highest BCUT2D eigenvalue weighted by atomic mass is 32.1. The second-order valence-corrected chi connectivity index (χ2v) is 7.49. The molecule has 0 aromatic carbocycles. The molecular weight excluding hydrogens is 228 g/mol. The van der Waals surface area contributed by atoms with Crippen LogP contribution in [0.5, 0.6) is 0 Å². The molecule has 1 fully saturated rings. The molecule has 96 valence electrons. The first-order chi connectivity index (χ1) is 7.95. The lowest BCUT2D eigenvalue weighted by atomic mass is 9.85. The van der Waals surface area contributed by atoms with Crippen molar-refractivity contribution in [2.75, 3.05) is 19.6 Å². The molecule has 1 aliphatic rings. The monoisotopic (exact) mass is 252 g/mol. The molecule has 3 heteroatoms. The molecule has 0 saturated carbocycles. The molecule has 1 aliphatic heterocycles. The van der Waals surface area contributed by atoms with Gasteiger partial charge in [-0.1, -0.05) is 20.8 Å². The first-order valence-electron chi connectivity index (χ1n) is 6.46. The van der Waals surface area contributed by atoms with Crippen LogP contribution < -0.4 is 5.32 Å². The van der Waals surface area contributed by atoms with Crippen LogP contribution in [0, 0.1) is 12.3 Å². The van der Waals surface area contributed by atoms with E-state index in [-0.39, 0.29) is 0 Å². The normalized spacial score (nSPS) is 22.9. The molecule has 1 saturated heterocycles. The van der Waals surface area contributed by atoms with Gasteiger partial charge in [-0.15, -0.1) is 11.3 Å². The van der Waals surface area contributed by atoms with Crippen molar-refractivity contribution in [2.45, 2.75) is 40.3 Å². The van der Waals surface area contributed by atoms with Gasteiger partial charge < -0.3 is 5.32 Å². The van der Waals surface area contributed by atoms with Crippen LogP contribution in [-0.2, 0) is 6.54 Å². The summed E-state index contributed by atoms with van der Waals surface area (Å²) in [4.78, 5) is 5.50. The SMILES string of the molecule is Cc1ccc(CN2CCNC(C(C)(C)C)C2)s1. The zero-order chi connectivity index (χ0) is 12.5. The van der Waals surface area contributed by atoms with Gasteiger partial charge in [0.05, 0.1) is 0 Å². The molecule has 1 aromatic rings. The van der Waals surface area contributed by atoms with Crippen molar-refractivity contribution in [2.24, 2.45) is 5.41 Å². The number of hydrogen-bond acceptors (Lipinski definition) is 3. The van der Waals surface area contributed by atoms with Crippen LogP contribution in [-0.4, -0.2) is 30.6 Å². The van der Waals surface area contributed by atoms with Crippen molar-refractivity contribution in [1.82, 2.24) is 10.2 Å². The lowest BCUT2D eigenvalue weighted by Crippen LogP contribution is -2.55. The number of hydrogen-bond donors (Lipinski definition) is 1. The van der Waals surface area contributed by atoms with E-state index in [4.69, 9.17) is 0 Å². The molecule has 1 unspecified atom stereocenters. The third-order valence-corrected chi connectivity index (χ3v) is 4.47. The van der Waals surface area contributed by atoms with Gasteiger partial charge >= 0.3 is 0 Å².